The van der Waals surface area contributed by atoms with Gasteiger partial charge in [0.1, 0.15) is 0 Å². The number of hydrogen-bond donors (Lipinski definition) is 1. The van der Waals surface area contributed by atoms with Gasteiger partial charge in [0.25, 0.3) is 0 Å². The van der Waals surface area contributed by atoms with E-state index in [0.29, 0.717) is 5.56 Å². The highest BCUT2D eigenvalue weighted by Crippen LogP contribution is 1.99. The van der Waals surface area contributed by atoms with Crippen molar-refractivity contribution in [3.63, 3.8) is 0 Å². The van der Waals surface area contributed by atoms with Crippen LogP contribution in [0.25, 0.3) is 0 Å². The molecule has 0 aliphatic rings. The molecule has 0 aliphatic carbocycles. The minimum atomic E-state index is -0.204. The molecule has 0 atom stereocenters. The normalized spacial score (nSPS) is 11.5. The van der Waals surface area contributed by atoms with E-state index >= 15 is 0 Å². The summed E-state index contributed by atoms with van der Waals surface area (Å²) < 4.78 is 0. The maximum Gasteiger partial charge on any atom is 0.240 e. The van der Waals surface area contributed by atoms with Gasteiger partial charge in [-0.15, -0.1) is 0 Å². The van der Waals surface area contributed by atoms with Crippen LogP contribution in [0, 0.1) is 12.1 Å². The Kier molecular flexibility index (Phi) is 2.11. The molecule has 1 rings (SSSR count). The summed E-state index contributed by atoms with van der Waals surface area (Å²) >= 11 is 0. The van der Waals surface area contributed by atoms with Crippen LogP contribution in [-0.4, -0.2) is 16.3 Å². The lowest BCUT2D eigenvalue weighted by Gasteiger charge is -1.91. The fourth-order valence-corrected chi connectivity index (χ4v) is 0.780. The Morgan fingerprint density at radius 1 is 1.36 bits per heavy atom. The molecule has 1 aromatic rings. The van der Waals surface area contributed by atoms with E-state index in [1.54, 1.807) is 12.1 Å². The van der Waals surface area contributed by atoms with Crippen LogP contribution in [0.3, 0.4) is 0 Å². The SMILES string of the molecule is Cc1ccc(/C=[N+](\[O-])O)cc1. The standard InChI is InChI=1S/C8H9NO2/c1-7-2-4-8(5-3-7)6-9(10)11/h2-6H,1H3,(H,10,11). The van der Waals surface area contributed by atoms with Gasteiger partial charge in [-0.3, -0.25) is 5.21 Å². The van der Waals surface area contributed by atoms with E-state index in [-0.39, 0.29) is 4.90 Å². The quantitative estimate of drug-likeness (QED) is 0.285. The first-order valence-corrected chi connectivity index (χ1v) is 3.25. The molecular weight excluding hydrogens is 142 g/mol. The average Bonchev–Trinajstić information content (AvgIpc) is 1.93. The molecule has 11 heavy (non-hydrogen) atoms. The first-order valence-electron chi connectivity index (χ1n) is 3.25. The minimum absolute atomic E-state index is 0.204. The smallest absolute Gasteiger partial charge is 0.240 e. The van der Waals surface area contributed by atoms with Gasteiger partial charge in [0.2, 0.25) is 6.21 Å². The molecule has 0 saturated heterocycles. The fraction of sp³-hybridized carbons (Fsp3) is 0.125. The van der Waals surface area contributed by atoms with Crippen LogP contribution >= 0.6 is 0 Å². The molecule has 1 aromatic carbocycles. The van der Waals surface area contributed by atoms with Crippen LogP contribution in [0.4, 0.5) is 0 Å². The Bertz CT molecular complexity index is 260. The van der Waals surface area contributed by atoms with Crippen molar-refractivity contribution < 1.29 is 10.1 Å². The van der Waals surface area contributed by atoms with Gasteiger partial charge in [0.15, 0.2) is 0 Å². The number of benzene rings is 1. The maximum atomic E-state index is 10.1. The zero-order valence-corrected chi connectivity index (χ0v) is 6.19. The molecule has 0 spiro atoms. The predicted octanol–water partition coefficient (Wildman–Crippen LogP) is 1.31. The lowest BCUT2D eigenvalue weighted by Crippen LogP contribution is -1.97. The largest absolute Gasteiger partial charge is 0.418 e. The maximum absolute atomic E-state index is 10.1. The highest BCUT2D eigenvalue weighted by Gasteiger charge is 1.92. The van der Waals surface area contributed by atoms with Crippen molar-refractivity contribution in [1.82, 2.24) is 0 Å². The molecular formula is C8H9NO2. The zero-order valence-electron chi connectivity index (χ0n) is 6.19. The van der Waals surface area contributed by atoms with Crippen molar-refractivity contribution in [2.24, 2.45) is 0 Å². The first-order chi connectivity index (χ1) is 5.18. The van der Waals surface area contributed by atoms with Crippen molar-refractivity contribution in [1.29, 1.82) is 0 Å². The Hall–Kier alpha value is -1.51. The van der Waals surface area contributed by atoms with Crippen molar-refractivity contribution in [2.75, 3.05) is 0 Å². The summed E-state index contributed by atoms with van der Waals surface area (Å²) in [7, 11) is 0. The number of rotatable bonds is 1. The lowest BCUT2D eigenvalue weighted by atomic mass is 10.2. The summed E-state index contributed by atoms with van der Waals surface area (Å²) in [5.41, 5.74) is 1.81. The summed E-state index contributed by atoms with van der Waals surface area (Å²) in [4.78, 5) is -0.204. The van der Waals surface area contributed by atoms with Gasteiger partial charge < -0.3 is 5.21 Å². The second kappa shape index (κ2) is 3.05. The van der Waals surface area contributed by atoms with Gasteiger partial charge in [0, 0.05) is 10.5 Å². The van der Waals surface area contributed by atoms with Gasteiger partial charge in [-0.05, 0) is 19.1 Å². The van der Waals surface area contributed by atoms with E-state index in [4.69, 9.17) is 5.21 Å². The monoisotopic (exact) mass is 151 g/mol. The molecule has 3 nitrogen and oxygen atoms in total. The highest BCUT2D eigenvalue weighted by atomic mass is 16.8. The molecule has 0 unspecified atom stereocenters. The highest BCUT2D eigenvalue weighted by molar-refractivity contribution is 5.75. The van der Waals surface area contributed by atoms with Crippen molar-refractivity contribution >= 4 is 6.21 Å². The van der Waals surface area contributed by atoms with Crippen LogP contribution < -0.4 is 0 Å². The molecule has 58 valence electrons. The van der Waals surface area contributed by atoms with Crippen LogP contribution in [0.15, 0.2) is 24.3 Å². The Labute approximate surface area is 64.8 Å². The molecule has 3 heteroatoms. The van der Waals surface area contributed by atoms with Gasteiger partial charge in [-0.2, -0.15) is 0 Å². The molecule has 0 bridgehead atoms. The Morgan fingerprint density at radius 2 is 1.91 bits per heavy atom. The Balaban J connectivity index is 2.91. The summed E-state index contributed by atoms with van der Waals surface area (Å²) in [6.45, 7) is 1.96. The third kappa shape index (κ3) is 2.29. The number of nitrogens with zero attached hydrogens (tertiary/aromatic N) is 1. The molecule has 0 saturated carbocycles. The van der Waals surface area contributed by atoms with Gasteiger partial charge in [-0.1, -0.05) is 17.7 Å². The summed E-state index contributed by atoms with van der Waals surface area (Å²) in [5, 5.41) is 18.4. The lowest BCUT2D eigenvalue weighted by molar-refractivity contribution is -0.722. The van der Waals surface area contributed by atoms with E-state index in [0.717, 1.165) is 11.8 Å². The second-order valence-corrected chi connectivity index (χ2v) is 2.34. The van der Waals surface area contributed by atoms with Crippen LogP contribution in [0.2, 0.25) is 0 Å². The van der Waals surface area contributed by atoms with Crippen molar-refractivity contribution in [3.8, 4) is 0 Å². The van der Waals surface area contributed by atoms with E-state index in [1.807, 2.05) is 19.1 Å². The fourth-order valence-electron chi connectivity index (χ4n) is 0.780. The summed E-state index contributed by atoms with van der Waals surface area (Å²) in [6, 6.07) is 7.26. The molecule has 0 fully saturated rings. The molecule has 0 aliphatic heterocycles. The third-order valence-corrected chi connectivity index (χ3v) is 1.34. The summed E-state index contributed by atoms with van der Waals surface area (Å²) in [6.07, 6.45) is 1.10. The van der Waals surface area contributed by atoms with Crippen LogP contribution in [-0.2, 0) is 0 Å². The zero-order chi connectivity index (χ0) is 8.27. The van der Waals surface area contributed by atoms with E-state index in [9.17, 15) is 5.21 Å². The molecule has 0 heterocycles. The van der Waals surface area contributed by atoms with E-state index in [1.165, 1.54) is 0 Å². The van der Waals surface area contributed by atoms with Gasteiger partial charge in [0.05, 0.1) is 0 Å². The summed E-state index contributed by atoms with van der Waals surface area (Å²) in [5.74, 6) is 0. The predicted molar refractivity (Wildman–Crippen MR) is 41.8 cm³/mol. The van der Waals surface area contributed by atoms with Crippen LogP contribution in [0.5, 0.6) is 0 Å². The number of aryl methyl sites for hydroxylation is 1. The molecule has 0 aromatic heterocycles. The average molecular weight is 151 g/mol. The topological polar surface area (TPSA) is 46.3 Å². The Morgan fingerprint density at radius 3 is 2.36 bits per heavy atom. The third-order valence-electron chi connectivity index (χ3n) is 1.34. The van der Waals surface area contributed by atoms with Crippen molar-refractivity contribution in [3.05, 3.63) is 40.6 Å². The molecule has 0 radical (unpaired) electrons. The van der Waals surface area contributed by atoms with Crippen LogP contribution in [0.1, 0.15) is 11.1 Å². The van der Waals surface area contributed by atoms with E-state index < -0.39 is 0 Å². The van der Waals surface area contributed by atoms with Gasteiger partial charge in [-0.25, -0.2) is 0 Å². The molecule has 0 amide bonds. The molecule has 1 N–H and O–H groups in total. The second-order valence-electron chi connectivity index (χ2n) is 2.34. The minimum Gasteiger partial charge on any atom is -0.418 e. The van der Waals surface area contributed by atoms with E-state index in [2.05, 4.69) is 0 Å². The first kappa shape index (κ1) is 7.60. The van der Waals surface area contributed by atoms with Crippen molar-refractivity contribution in [2.45, 2.75) is 6.92 Å². The number of hydrogen-bond acceptors (Lipinski definition) is 2. The van der Waals surface area contributed by atoms with Gasteiger partial charge >= 0.3 is 0 Å².